The Kier molecular flexibility index (Phi) is 10.9. The molecule has 2 atom stereocenters. The van der Waals surface area contributed by atoms with Crippen molar-refractivity contribution in [1.29, 1.82) is 0 Å². The molecule has 0 fully saturated rings. The first kappa shape index (κ1) is 29.9. The number of nitrogens with one attached hydrogen (secondary N) is 3. The Labute approximate surface area is 222 Å². The summed E-state index contributed by atoms with van der Waals surface area (Å²) in [4.78, 5) is 49.2. The van der Waals surface area contributed by atoms with Crippen LogP contribution in [-0.4, -0.2) is 55.2 Å². The molecule has 204 valence electrons. The molecule has 0 saturated carbocycles. The maximum Gasteiger partial charge on any atom is 0.408 e. The monoisotopic (exact) mass is 524 g/mol. The van der Waals surface area contributed by atoms with E-state index in [1.807, 2.05) is 30.3 Å². The van der Waals surface area contributed by atoms with Gasteiger partial charge in [-0.25, -0.2) is 4.79 Å². The lowest BCUT2D eigenvalue weighted by molar-refractivity contribution is -0.307. The van der Waals surface area contributed by atoms with Gasteiger partial charge in [0.05, 0.1) is 5.97 Å². The predicted molar refractivity (Wildman–Crippen MR) is 140 cm³/mol. The summed E-state index contributed by atoms with van der Waals surface area (Å²) < 4.78 is 10.5. The Morgan fingerprint density at radius 3 is 2.16 bits per heavy atom. The van der Waals surface area contributed by atoms with Crippen LogP contribution in [0.5, 0.6) is 5.75 Å². The zero-order valence-corrected chi connectivity index (χ0v) is 22.0. The summed E-state index contributed by atoms with van der Waals surface area (Å²) in [5, 5.41) is 18.6. The number of likely N-dealkylation sites (N-methyl/N-ethyl adjacent to an activating group) is 1. The maximum atomic E-state index is 13.3. The van der Waals surface area contributed by atoms with Crippen molar-refractivity contribution in [2.75, 3.05) is 13.7 Å². The standard InChI is InChI=1S/C28H35N3O7/c1-6-20-14-19(12-13-23(20)37-17-24(32)33)16-21(25(34)29-5)30-26(35)22(15-18-10-8-7-9-11-18)31-27(36)38-28(2,3)4/h6-14,21-22H,1,15-17H2,2-5H3,(H,29,34)(H,30,35)(H,31,36)(H,32,33)/p-1/t21-,22-/m0/s1. The SMILES string of the molecule is C=Cc1cc(C[C@H](NC(=O)[C@H](Cc2ccccc2)NC(=O)OC(C)(C)C)C(=O)NC)ccc1OCC(=O)[O-]. The van der Waals surface area contributed by atoms with Gasteiger partial charge in [-0.15, -0.1) is 0 Å². The Bertz CT molecular complexity index is 1140. The van der Waals surface area contributed by atoms with Gasteiger partial charge in [-0.05, 0) is 44.0 Å². The van der Waals surface area contributed by atoms with Crippen molar-refractivity contribution in [1.82, 2.24) is 16.0 Å². The molecule has 2 rings (SSSR count). The van der Waals surface area contributed by atoms with Gasteiger partial charge in [0, 0.05) is 25.5 Å². The summed E-state index contributed by atoms with van der Waals surface area (Å²) in [6.07, 6.45) is 1.02. The van der Waals surface area contributed by atoms with Gasteiger partial charge < -0.3 is 35.3 Å². The molecule has 0 spiro atoms. The summed E-state index contributed by atoms with van der Waals surface area (Å²) in [6, 6.07) is 12.0. The Morgan fingerprint density at radius 1 is 0.947 bits per heavy atom. The Balaban J connectivity index is 2.24. The summed E-state index contributed by atoms with van der Waals surface area (Å²) in [5.41, 5.74) is 1.22. The fourth-order valence-corrected chi connectivity index (χ4v) is 3.55. The number of carbonyl (C=O) groups excluding carboxylic acids is 4. The van der Waals surface area contributed by atoms with Crippen molar-refractivity contribution < 1.29 is 33.8 Å². The zero-order valence-electron chi connectivity index (χ0n) is 22.0. The van der Waals surface area contributed by atoms with Gasteiger partial charge in [-0.2, -0.15) is 0 Å². The molecule has 3 N–H and O–H groups in total. The second-order valence-electron chi connectivity index (χ2n) is 9.51. The second kappa shape index (κ2) is 13.8. The highest BCUT2D eigenvalue weighted by atomic mass is 16.6. The minimum Gasteiger partial charge on any atom is -0.546 e. The van der Waals surface area contributed by atoms with E-state index in [1.165, 1.54) is 13.1 Å². The molecule has 0 bridgehead atoms. The molecule has 10 nitrogen and oxygen atoms in total. The first-order valence-electron chi connectivity index (χ1n) is 12.0. The molecule has 0 aliphatic heterocycles. The van der Waals surface area contributed by atoms with Crippen molar-refractivity contribution in [2.45, 2.75) is 51.3 Å². The van der Waals surface area contributed by atoms with E-state index in [0.29, 0.717) is 11.1 Å². The van der Waals surface area contributed by atoms with Gasteiger partial charge in [0.25, 0.3) is 0 Å². The van der Waals surface area contributed by atoms with E-state index in [1.54, 1.807) is 39.0 Å². The number of rotatable bonds is 12. The van der Waals surface area contributed by atoms with Crippen molar-refractivity contribution in [3.63, 3.8) is 0 Å². The van der Waals surface area contributed by atoms with E-state index in [2.05, 4.69) is 22.5 Å². The van der Waals surface area contributed by atoms with Crippen molar-refractivity contribution in [2.24, 2.45) is 0 Å². The third kappa shape index (κ3) is 9.96. The summed E-state index contributed by atoms with van der Waals surface area (Å²) in [6.45, 7) is 8.24. The van der Waals surface area contributed by atoms with Crippen LogP contribution in [0.2, 0.25) is 0 Å². The van der Waals surface area contributed by atoms with Crippen molar-refractivity contribution in [3.05, 3.63) is 71.8 Å². The van der Waals surface area contributed by atoms with E-state index < -0.39 is 48.2 Å². The fraction of sp³-hybridized carbons (Fsp3) is 0.357. The minimum absolute atomic E-state index is 0.109. The van der Waals surface area contributed by atoms with Crippen LogP contribution in [0.3, 0.4) is 0 Å². The molecule has 3 amide bonds. The molecule has 0 radical (unpaired) electrons. The average Bonchev–Trinajstić information content (AvgIpc) is 2.85. The second-order valence-corrected chi connectivity index (χ2v) is 9.51. The Hall–Kier alpha value is -4.34. The highest BCUT2D eigenvalue weighted by Crippen LogP contribution is 2.22. The number of alkyl carbamates (subject to hydrolysis) is 1. The maximum absolute atomic E-state index is 13.3. The first-order valence-corrected chi connectivity index (χ1v) is 12.0. The molecule has 0 heterocycles. The van der Waals surface area contributed by atoms with Gasteiger partial charge >= 0.3 is 6.09 Å². The lowest BCUT2D eigenvalue weighted by Crippen LogP contribution is -2.55. The molecular weight excluding hydrogens is 490 g/mol. The highest BCUT2D eigenvalue weighted by molar-refractivity contribution is 5.91. The molecule has 2 aromatic rings. The van der Waals surface area contributed by atoms with Crippen LogP contribution in [0.15, 0.2) is 55.1 Å². The number of amides is 3. The molecule has 0 aromatic heterocycles. The molecule has 10 heteroatoms. The van der Waals surface area contributed by atoms with E-state index in [-0.39, 0.29) is 18.6 Å². The van der Waals surface area contributed by atoms with Crippen LogP contribution in [0.25, 0.3) is 6.08 Å². The van der Waals surface area contributed by atoms with Gasteiger partial charge in [-0.3, -0.25) is 9.59 Å². The predicted octanol–water partition coefficient (Wildman–Crippen LogP) is 1.37. The lowest BCUT2D eigenvalue weighted by Gasteiger charge is -2.25. The number of hydrogen-bond acceptors (Lipinski definition) is 7. The van der Waals surface area contributed by atoms with Crippen LogP contribution in [-0.2, 0) is 32.0 Å². The van der Waals surface area contributed by atoms with E-state index in [0.717, 1.165) is 5.56 Å². The zero-order chi connectivity index (χ0) is 28.3. The molecule has 0 saturated heterocycles. The third-order valence-electron chi connectivity index (χ3n) is 5.25. The number of benzene rings is 2. The highest BCUT2D eigenvalue weighted by Gasteiger charge is 2.28. The number of aliphatic carboxylic acids is 1. The quantitative estimate of drug-likeness (QED) is 0.380. The normalized spacial score (nSPS) is 12.4. The number of carboxylic acids is 1. The van der Waals surface area contributed by atoms with Crippen molar-refractivity contribution in [3.8, 4) is 5.75 Å². The largest absolute Gasteiger partial charge is 0.546 e. The molecule has 0 aliphatic carbocycles. The summed E-state index contributed by atoms with van der Waals surface area (Å²) in [7, 11) is 1.45. The van der Waals surface area contributed by atoms with E-state index >= 15 is 0 Å². The molecule has 38 heavy (non-hydrogen) atoms. The third-order valence-corrected chi connectivity index (χ3v) is 5.25. The van der Waals surface area contributed by atoms with E-state index in [4.69, 9.17) is 9.47 Å². The molecule has 0 unspecified atom stereocenters. The van der Waals surface area contributed by atoms with Gasteiger partial charge in [0.2, 0.25) is 11.8 Å². The average molecular weight is 525 g/mol. The van der Waals surface area contributed by atoms with Crippen molar-refractivity contribution >= 4 is 30.0 Å². The minimum atomic E-state index is -1.36. The fourth-order valence-electron chi connectivity index (χ4n) is 3.55. The van der Waals surface area contributed by atoms with Gasteiger partial charge in [0.1, 0.15) is 30.0 Å². The summed E-state index contributed by atoms with van der Waals surface area (Å²) >= 11 is 0. The van der Waals surface area contributed by atoms with E-state index in [9.17, 15) is 24.3 Å². The number of hydrogen-bond donors (Lipinski definition) is 3. The van der Waals surface area contributed by atoms with Crippen LogP contribution in [0.4, 0.5) is 4.79 Å². The smallest absolute Gasteiger partial charge is 0.408 e. The number of carbonyl (C=O) groups is 4. The van der Waals surface area contributed by atoms with Crippen LogP contribution < -0.4 is 25.8 Å². The Morgan fingerprint density at radius 2 is 1.58 bits per heavy atom. The number of ether oxygens (including phenoxy) is 2. The number of carboxylic acid groups (broad SMARTS) is 1. The lowest BCUT2D eigenvalue weighted by atomic mass is 10.0. The van der Waals surface area contributed by atoms with Gasteiger partial charge in [0.15, 0.2) is 0 Å². The van der Waals surface area contributed by atoms with Gasteiger partial charge in [-0.1, -0.05) is 49.1 Å². The summed E-state index contributed by atoms with van der Waals surface area (Å²) in [5.74, 6) is -2.08. The van der Waals surface area contributed by atoms with Crippen LogP contribution >= 0.6 is 0 Å². The van der Waals surface area contributed by atoms with Crippen LogP contribution in [0, 0.1) is 0 Å². The molecular formula is C28H34N3O7-. The first-order chi connectivity index (χ1) is 17.9. The molecule has 0 aliphatic rings. The topological polar surface area (TPSA) is 146 Å². The van der Waals surface area contributed by atoms with Crippen LogP contribution in [0.1, 0.15) is 37.5 Å². The molecule has 2 aromatic carbocycles.